The Labute approximate surface area is 106 Å². The van der Waals surface area contributed by atoms with Crippen molar-refractivity contribution in [3.05, 3.63) is 0 Å². The first-order valence-electron chi connectivity index (χ1n) is 5.37. The molecule has 1 atom stereocenters. The van der Waals surface area contributed by atoms with Gasteiger partial charge in [0.15, 0.2) is 0 Å². The number of hydrogen-bond acceptors (Lipinski definition) is 5. The third kappa shape index (κ3) is 7.07. The van der Waals surface area contributed by atoms with Gasteiger partial charge < -0.3 is 9.84 Å². The lowest BCUT2D eigenvalue weighted by Crippen LogP contribution is -2.48. The number of amides is 1. The van der Waals surface area contributed by atoms with E-state index in [1.54, 1.807) is 18.6 Å². The molecule has 0 spiro atoms. The van der Waals surface area contributed by atoms with Crippen molar-refractivity contribution in [2.45, 2.75) is 33.2 Å². The number of hydrogen-bond donors (Lipinski definition) is 3. The Morgan fingerprint density at radius 2 is 1.89 bits per heavy atom. The molecule has 0 heterocycles. The molecule has 0 bridgehead atoms. The third-order valence-electron chi connectivity index (χ3n) is 1.80. The summed E-state index contributed by atoms with van der Waals surface area (Å²) in [5.41, 5.74) is 0. The Balaban J connectivity index is 4.61. The molecule has 0 aliphatic carbocycles. The van der Waals surface area contributed by atoms with Gasteiger partial charge in [0, 0.05) is 0 Å². The maximum Gasteiger partial charge on any atom is 0.421 e. The van der Waals surface area contributed by atoms with E-state index in [9.17, 15) is 18.0 Å². The van der Waals surface area contributed by atoms with Gasteiger partial charge in [0.2, 0.25) is 0 Å². The number of carbonyl (C=O) groups excluding carboxylic acids is 1. The molecule has 0 aliphatic heterocycles. The molecule has 0 saturated carbocycles. The first-order chi connectivity index (χ1) is 8.18. The quantitative estimate of drug-likeness (QED) is 0.607. The zero-order valence-electron chi connectivity index (χ0n) is 10.5. The lowest BCUT2D eigenvalue weighted by molar-refractivity contribution is -0.139. The van der Waals surface area contributed by atoms with Crippen molar-refractivity contribution in [3.8, 4) is 0 Å². The lowest BCUT2D eigenvalue weighted by atomic mass is 10.1. The van der Waals surface area contributed by atoms with Gasteiger partial charge in [0.25, 0.3) is 0 Å². The Morgan fingerprint density at radius 3 is 2.28 bits per heavy atom. The van der Waals surface area contributed by atoms with Crippen molar-refractivity contribution in [1.29, 1.82) is 0 Å². The fourth-order valence-corrected chi connectivity index (χ4v) is 2.07. The van der Waals surface area contributed by atoms with Crippen LogP contribution >= 0.6 is 0 Å². The van der Waals surface area contributed by atoms with Gasteiger partial charge in [-0.1, -0.05) is 13.8 Å². The van der Waals surface area contributed by atoms with Crippen LogP contribution in [0.4, 0.5) is 4.79 Å². The summed E-state index contributed by atoms with van der Waals surface area (Å²) >= 11 is 0. The molecule has 0 saturated heterocycles. The van der Waals surface area contributed by atoms with E-state index in [2.05, 4.69) is 4.74 Å². The van der Waals surface area contributed by atoms with Crippen LogP contribution in [0.3, 0.4) is 0 Å². The second-order valence-corrected chi connectivity index (χ2v) is 5.41. The van der Waals surface area contributed by atoms with Crippen LogP contribution in [0.2, 0.25) is 0 Å². The molecule has 3 N–H and O–H groups in total. The van der Waals surface area contributed by atoms with Crippen LogP contribution in [0.15, 0.2) is 0 Å². The van der Waals surface area contributed by atoms with E-state index in [-0.39, 0.29) is 18.9 Å². The second-order valence-electron chi connectivity index (χ2n) is 3.96. The largest absolute Gasteiger partial charge is 0.480 e. The van der Waals surface area contributed by atoms with E-state index in [0.717, 1.165) is 0 Å². The minimum Gasteiger partial charge on any atom is -0.480 e. The Bertz CT molecular complexity index is 392. The van der Waals surface area contributed by atoms with Crippen LogP contribution in [0.1, 0.15) is 27.2 Å². The third-order valence-corrected chi connectivity index (χ3v) is 2.83. The number of carboxylic acids is 1. The van der Waals surface area contributed by atoms with E-state index in [4.69, 9.17) is 5.11 Å². The molecular formula is C9H18N2O6S. The molecule has 0 rings (SSSR count). The second kappa shape index (κ2) is 7.17. The summed E-state index contributed by atoms with van der Waals surface area (Å²) in [5.74, 6) is -1.32. The fourth-order valence-electron chi connectivity index (χ4n) is 1.16. The number of nitrogens with one attached hydrogen (secondary N) is 2. The summed E-state index contributed by atoms with van der Waals surface area (Å²) in [6, 6.07) is -1.29. The summed E-state index contributed by atoms with van der Waals surface area (Å²) in [5, 5.41) is 8.85. The van der Waals surface area contributed by atoms with Gasteiger partial charge in [-0.3, -0.25) is 4.79 Å². The zero-order valence-corrected chi connectivity index (χ0v) is 11.3. The molecule has 0 unspecified atom stereocenters. The van der Waals surface area contributed by atoms with E-state index in [1.807, 2.05) is 4.72 Å². The predicted molar refractivity (Wildman–Crippen MR) is 63.1 cm³/mol. The van der Waals surface area contributed by atoms with Crippen LogP contribution in [0.5, 0.6) is 0 Å². The van der Waals surface area contributed by atoms with Gasteiger partial charge in [-0.25, -0.2) is 9.52 Å². The van der Waals surface area contributed by atoms with Gasteiger partial charge in [-0.15, -0.1) is 0 Å². The van der Waals surface area contributed by atoms with E-state index >= 15 is 0 Å². The normalized spacial score (nSPS) is 13.1. The van der Waals surface area contributed by atoms with Crippen molar-refractivity contribution in [2.75, 3.05) is 6.61 Å². The number of ether oxygens (including phenoxy) is 1. The number of aliphatic carboxylic acids is 1. The van der Waals surface area contributed by atoms with E-state index < -0.39 is 28.3 Å². The summed E-state index contributed by atoms with van der Waals surface area (Å²) in [7, 11) is -4.25. The predicted octanol–water partition coefficient (Wildman–Crippen LogP) is 0.0662. The van der Waals surface area contributed by atoms with Crippen LogP contribution in [-0.2, 0) is 19.7 Å². The molecular weight excluding hydrogens is 264 g/mol. The molecule has 9 heteroatoms. The van der Waals surface area contributed by atoms with Crippen molar-refractivity contribution in [2.24, 2.45) is 5.92 Å². The van der Waals surface area contributed by atoms with Gasteiger partial charge in [-0.05, 0) is 19.3 Å². The van der Waals surface area contributed by atoms with Crippen LogP contribution in [0, 0.1) is 5.92 Å². The molecule has 0 aromatic carbocycles. The standard InChI is InChI=1S/C9H18N2O6S/c1-4-17-9(14)11-18(15,16)10-7(8(12)13)5-6(2)3/h6-7,10H,4-5H2,1-3H3,(H,11,14)(H,12,13)/t7-/m1/s1. The van der Waals surface area contributed by atoms with Crippen molar-refractivity contribution in [1.82, 2.24) is 9.44 Å². The highest BCUT2D eigenvalue weighted by Gasteiger charge is 2.26. The Hall–Kier alpha value is -1.35. The van der Waals surface area contributed by atoms with Crippen molar-refractivity contribution in [3.63, 3.8) is 0 Å². The first-order valence-corrected chi connectivity index (χ1v) is 6.86. The summed E-state index contributed by atoms with van der Waals surface area (Å²) in [4.78, 5) is 21.8. The SMILES string of the molecule is CCOC(=O)NS(=O)(=O)N[C@H](CC(C)C)C(=O)O. The molecule has 18 heavy (non-hydrogen) atoms. The van der Waals surface area contributed by atoms with Crippen molar-refractivity contribution < 1.29 is 27.9 Å². The summed E-state index contributed by atoms with van der Waals surface area (Å²) < 4.78 is 30.7. The topological polar surface area (TPSA) is 122 Å². The minimum atomic E-state index is -4.25. The Kier molecular flexibility index (Phi) is 6.63. The first kappa shape index (κ1) is 16.6. The number of carbonyl (C=O) groups is 2. The molecule has 8 nitrogen and oxygen atoms in total. The van der Waals surface area contributed by atoms with Crippen molar-refractivity contribution >= 4 is 22.3 Å². The highest BCUT2D eigenvalue weighted by molar-refractivity contribution is 7.88. The van der Waals surface area contributed by atoms with Crippen LogP contribution in [0.25, 0.3) is 0 Å². The average molecular weight is 282 g/mol. The van der Waals surface area contributed by atoms with E-state index in [1.165, 1.54) is 6.92 Å². The summed E-state index contributed by atoms with van der Waals surface area (Å²) in [6.07, 6.45) is -1.04. The molecule has 0 aliphatic rings. The molecule has 106 valence electrons. The van der Waals surface area contributed by atoms with Crippen LogP contribution in [-0.4, -0.2) is 38.2 Å². The molecule has 0 aromatic rings. The van der Waals surface area contributed by atoms with Gasteiger partial charge in [0.1, 0.15) is 6.04 Å². The van der Waals surface area contributed by atoms with Crippen LogP contribution < -0.4 is 9.44 Å². The van der Waals surface area contributed by atoms with Gasteiger partial charge in [0.05, 0.1) is 6.61 Å². The summed E-state index contributed by atoms with van der Waals surface area (Å²) in [6.45, 7) is 5.03. The van der Waals surface area contributed by atoms with Gasteiger partial charge in [-0.2, -0.15) is 13.1 Å². The minimum absolute atomic E-state index is 0.00963. The number of rotatable bonds is 7. The molecule has 0 aromatic heterocycles. The van der Waals surface area contributed by atoms with Gasteiger partial charge >= 0.3 is 22.3 Å². The monoisotopic (exact) mass is 282 g/mol. The smallest absolute Gasteiger partial charge is 0.421 e. The zero-order chi connectivity index (χ0) is 14.3. The molecule has 0 fully saturated rings. The molecule has 0 radical (unpaired) electrons. The fraction of sp³-hybridized carbons (Fsp3) is 0.778. The molecule has 1 amide bonds. The maximum absolute atomic E-state index is 11.4. The average Bonchev–Trinajstić information content (AvgIpc) is 2.14. The Morgan fingerprint density at radius 1 is 1.33 bits per heavy atom. The maximum atomic E-state index is 11.4. The van der Waals surface area contributed by atoms with E-state index in [0.29, 0.717) is 0 Å². The highest BCUT2D eigenvalue weighted by atomic mass is 32.2. The highest BCUT2D eigenvalue weighted by Crippen LogP contribution is 2.05. The lowest BCUT2D eigenvalue weighted by Gasteiger charge is -2.16. The number of carboxylic acid groups (broad SMARTS) is 1.